The standard InChI is InChI=1S/C61H115NO13/c1-3-5-7-9-11-13-15-17-18-19-20-21-22-23-24-25-26-27-28-29-30-31-32-33-34-36-38-40-42-44-50(65)49(62-53(66)45-43-41-39-37-35-16-14-12-10-8-6-4-2)48-72-60-58(71)56(69)59(52(47-64)74-60)75-61-57(70)55(68)54(67)51(46-63)73-61/h12,14,42,44,49-52,54-61,63-65,67-71H,3-11,13,15-41,43,45-48H2,1-2H3,(H,62,66)/b14-12-,44-42+. The first-order chi connectivity index (χ1) is 36.6. The third-order valence-electron chi connectivity index (χ3n) is 15.4. The maximum Gasteiger partial charge on any atom is 0.220 e. The lowest BCUT2D eigenvalue weighted by molar-refractivity contribution is -0.359. The molecule has 0 aromatic carbocycles. The van der Waals surface area contributed by atoms with E-state index in [1.54, 1.807) is 6.08 Å². The number of allylic oxidation sites excluding steroid dienone is 3. The van der Waals surface area contributed by atoms with Gasteiger partial charge in [0.05, 0.1) is 32.0 Å². The summed E-state index contributed by atoms with van der Waals surface area (Å²) in [6, 6.07) is -0.916. The first-order valence-electron chi connectivity index (χ1n) is 31.1. The Labute approximate surface area is 456 Å². The summed E-state index contributed by atoms with van der Waals surface area (Å²) >= 11 is 0. The van der Waals surface area contributed by atoms with Crippen LogP contribution in [0.5, 0.6) is 0 Å². The molecule has 12 atom stereocenters. The number of aliphatic hydroxyl groups excluding tert-OH is 8. The molecular formula is C61H115NO13. The molecule has 2 saturated heterocycles. The Bertz CT molecular complexity index is 1350. The van der Waals surface area contributed by atoms with Crippen molar-refractivity contribution < 1.29 is 64.6 Å². The maximum atomic E-state index is 13.2. The van der Waals surface area contributed by atoms with Gasteiger partial charge in [-0.15, -0.1) is 0 Å². The quantitative estimate of drug-likeness (QED) is 0.0204. The Morgan fingerprint density at radius 1 is 0.467 bits per heavy atom. The molecule has 0 aromatic heterocycles. The lowest BCUT2D eigenvalue weighted by Crippen LogP contribution is -2.65. The van der Waals surface area contributed by atoms with Gasteiger partial charge in [0.25, 0.3) is 0 Å². The van der Waals surface area contributed by atoms with Crippen molar-refractivity contribution in [1.82, 2.24) is 5.32 Å². The van der Waals surface area contributed by atoms with Crippen LogP contribution >= 0.6 is 0 Å². The van der Waals surface area contributed by atoms with E-state index in [-0.39, 0.29) is 18.9 Å². The van der Waals surface area contributed by atoms with Gasteiger partial charge in [-0.2, -0.15) is 0 Å². The minimum absolute atomic E-state index is 0.247. The van der Waals surface area contributed by atoms with Crippen LogP contribution in [0.3, 0.4) is 0 Å². The predicted octanol–water partition coefficient (Wildman–Crippen LogP) is 10.8. The van der Waals surface area contributed by atoms with Crippen molar-refractivity contribution >= 4 is 5.91 Å². The van der Waals surface area contributed by atoms with E-state index in [0.29, 0.717) is 6.42 Å². The SMILES string of the molecule is CCCCC/C=C\CCCCCCCC(=O)NC(COC1OC(CO)C(OC2OC(CO)C(O)C(O)C2O)C(O)C1O)C(O)/C=C/CCCCCCCCCCCCCCCCCCCCCCCCCCCCC. The highest BCUT2D eigenvalue weighted by atomic mass is 16.7. The number of ether oxygens (including phenoxy) is 4. The second kappa shape index (κ2) is 47.3. The summed E-state index contributed by atoms with van der Waals surface area (Å²) in [4.78, 5) is 13.2. The monoisotopic (exact) mass is 1070 g/mol. The molecule has 0 bridgehead atoms. The molecule has 75 heavy (non-hydrogen) atoms. The number of rotatable bonds is 50. The largest absolute Gasteiger partial charge is 0.394 e. The van der Waals surface area contributed by atoms with E-state index in [2.05, 4.69) is 31.3 Å². The first kappa shape index (κ1) is 69.6. The highest BCUT2D eigenvalue weighted by molar-refractivity contribution is 5.76. The van der Waals surface area contributed by atoms with Crippen molar-refractivity contribution in [2.45, 2.75) is 338 Å². The van der Waals surface area contributed by atoms with Gasteiger partial charge >= 0.3 is 0 Å². The van der Waals surface area contributed by atoms with E-state index < -0.39 is 86.8 Å². The number of aliphatic hydroxyl groups is 8. The van der Waals surface area contributed by atoms with E-state index in [9.17, 15) is 45.6 Å². The summed E-state index contributed by atoms with van der Waals surface area (Å²) < 4.78 is 22.8. The van der Waals surface area contributed by atoms with Crippen molar-refractivity contribution in [3.63, 3.8) is 0 Å². The maximum absolute atomic E-state index is 13.2. The molecule has 12 unspecified atom stereocenters. The van der Waals surface area contributed by atoms with Crippen molar-refractivity contribution in [2.24, 2.45) is 0 Å². The van der Waals surface area contributed by atoms with Crippen LogP contribution in [0.2, 0.25) is 0 Å². The van der Waals surface area contributed by atoms with E-state index in [1.807, 2.05) is 6.08 Å². The Balaban J connectivity index is 1.68. The number of amides is 1. The molecule has 0 spiro atoms. The number of carbonyl (C=O) groups excluding carboxylic acids is 1. The van der Waals surface area contributed by atoms with Crippen LogP contribution in [0.15, 0.2) is 24.3 Å². The summed E-state index contributed by atoms with van der Waals surface area (Å²) in [5.74, 6) is -0.247. The molecule has 0 saturated carbocycles. The topological polar surface area (TPSA) is 228 Å². The second-order valence-corrected chi connectivity index (χ2v) is 22.2. The van der Waals surface area contributed by atoms with Gasteiger partial charge in [0, 0.05) is 6.42 Å². The van der Waals surface area contributed by atoms with Crippen molar-refractivity contribution in [3.8, 4) is 0 Å². The molecule has 2 aliphatic heterocycles. The van der Waals surface area contributed by atoms with Gasteiger partial charge in [-0.05, 0) is 44.9 Å². The van der Waals surface area contributed by atoms with Gasteiger partial charge in [0.2, 0.25) is 5.91 Å². The highest BCUT2D eigenvalue weighted by Crippen LogP contribution is 2.30. The van der Waals surface area contributed by atoms with Crippen LogP contribution in [-0.4, -0.2) is 140 Å². The van der Waals surface area contributed by atoms with E-state index in [1.165, 1.54) is 180 Å². The molecular weight excluding hydrogens is 955 g/mol. The molecule has 14 nitrogen and oxygen atoms in total. The van der Waals surface area contributed by atoms with Crippen molar-refractivity contribution in [3.05, 3.63) is 24.3 Å². The summed E-state index contributed by atoms with van der Waals surface area (Å²) in [6.07, 6.45) is 39.6. The van der Waals surface area contributed by atoms with Crippen LogP contribution in [-0.2, 0) is 23.7 Å². The normalized spacial score (nSPS) is 25.1. The number of unbranched alkanes of at least 4 members (excludes halogenated alkanes) is 35. The summed E-state index contributed by atoms with van der Waals surface area (Å²) in [5, 5.41) is 87.0. The number of hydrogen-bond acceptors (Lipinski definition) is 13. The third kappa shape index (κ3) is 33.0. The predicted molar refractivity (Wildman–Crippen MR) is 300 cm³/mol. The first-order valence-corrected chi connectivity index (χ1v) is 31.1. The fourth-order valence-corrected chi connectivity index (χ4v) is 10.3. The Hall–Kier alpha value is -1.53. The van der Waals surface area contributed by atoms with Gasteiger partial charge in [-0.3, -0.25) is 4.79 Å². The van der Waals surface area contributed by atoms with Crippen molar-refractivity contribution in [1.29, 1.82) is 0 Å². The molecule has 442 valence electrons. The molecule has 2 fully saturated rings. The number of nitrogens with one attached hydrogen (secondary N) is 1. The van der Waals surface area contributed by atoms with Gasteiger partial charge in [0.15, 0.2) is 12.6 Å². The fraction of sp³-hybridized carbons (Fsp3) is 0.918. The zero-order valence-electron chi connectivity index (χ0n) is 47.6. The Morgan fingerprint density at radius 2 is 0.840 bits per heavy atom. The van der Waals surface area contributed by atoms with E-state index in [4.69, 9.17) is 18.9 Å². The second-order valence-electron chi connectivity index (χ2n) is 22.2. The van der Waals surface area contributed by atoms with E-state index in [0.717, 1.165) is 57.8 Å². The molecule has 0 radical (unpaired) electrons. The Kier molecular flexibility index (Phi) is 43.9. The van der Waals surface area contributed by atoms with Crippen LogP contribution < -0.4 is 5.32 Å². The molecule has 2 rings (SSSR count). The Morgan fingerprint density at radius 3 is 1.29 bits per heavy atom. The zero-order valence-corrected chi connectivity index (χ0v) is 47.6. The van der Waals surface area contributed by atoms with E-state index >= 15 is 0 Å². The minimum Gasteiger partial charge on any atom is -0.394 e. The molecule has 0 aliphatic carbocycles. The fourth-order valence-electron chi connectivity index (χ4n) is 10.3. The van der Waals surface area contributed by atoms with Crippen LogP contribution in [0.25, 0.3) is 0 Å². The lowest BCUT2D eigenvalue weighted by atomic mass is 9.97. The average molecular weight is 1070 g/mol. The highest BCUT2D eigenvalue weighted by Gasteiger charge is 2.51. The minimum atomic E-state index is -1.79. The molecule has 9 N–H and O–H groups in total. The van der Waals surface area contributed by atoms with Gasteiger partial charge < -0.3 is 65.1 Å². The molecule has 14 heteroatoms. The summed E-state index contributed by atoms with van der Waals surface area (Å²) in [5.41, 5.74) is 0. The molecule has 2 heterocycles. The smallest absolute Gasteiger partial charge is 0.220 e. The summed E-state index contributed by atoms with van der Waals surface area (Å²) in [7, 11) is 0. The molecule has 1 amide bonds. The lowest BCUT2D eigenvalue weighted by Gasteiger charge is -2.46. The van der Waals surface area contributed by atoms with Crippen molar-refractivity contribution in [2.75, 3.05) is 19.8 Å². The zero-order chi connectivity index (χ0) is 54.6. The van der Waals surface area contributed by atoms with Crippen LogP contribution in [0, 0.1) is 0 Å². The van der Waals surface area contributed by atoms with Crippen LogP contribution in [0.1, 0.15) is 264 Å². The van der Waals surface area contributed by atoms with Gasteiger partial charge in [-0.25, -0.2) is 0 Å². The van der Waals surface area contributed by atoms with Crippen LogP contribution in [0.4, 0.5) is 0 Å². The summed E-state index contributed by atoms with van der Waals surface area (Å²) in [6.45, 7) is 2.78. The average Bonchev–Trinajstić information content (AvgIpc) is 3.41. The number of carbonyl (C=O) groups is 1. The molecule has 2 aliphatic rings. The number of hydrogen-bond donors (Lipinski definition) is 9. The van der Waals surface area contributed by atoms with Gasteiger partial charge in [-0.1, -0.05) is 237 Å². The molecule has 0 aromatic rings. The third-order valence-corrected chi connectivity index (χ3v) is 15.4. The van der Waals surface area contributed by atoms with Gasteiger partial charge in [0.1, 0.15) is 48.8 Å².